The van der Waals surface area contributed by atoms with Gasteiger partial charge in [0.25, 0.3) is 0 Å². The van der Waals surface area contributed by atoms with Gasteiger partial charge in [0.2, 0.25) is 0 Å². The van der Waals surface area contributed by atoms with E-state index < -0.39 is 0 Å². The molecule has 0 aromatic carbocycles. The van der Waals surface area contributed by atoms with Gasteiger partial charge in [-0.25, -0.2) is 4.79 Å². The van der Waals surface area contributed by atoms with Crippen molar-refractivity contribution < 1.29 is 32.2 Å². The van der Waals surface area contributed by atoms with Crippen LogP contribution in [0.15, 0.2) is 12.2 Å². The molecule has 3 N–H and O–H groups in total. The molecule has 0 aliphatic carbocycles. The number of quaternary nitrogens is 1. The zero-order valence-electron chi connectivity index (χ0n) is 19.3. The van der Waals surface area contributed by atoms with Crippen LogP contribution in [0.5, 0.6) is 0 Å². The molecular weight excluding hydrogens is 414 g/mol. The van der Waals surface area contributed by atoms with Gasteiger partial charge in [0.05, 0.1) is 6.61 Å². The van der Waals surface area contributed by atoms with E-state index in [2.05, 4.69) is 33.1 Å². The van der Waals surface area contributed by atoms with Gasteiger partial charge in [-0.05, 0) is 26.2 Å². The van der Waals surface area contributed by atoms with E-state index in [0.29, 0.717) is 18.1 Å². The van der Waals surface area contributed by atoms with Gasteiger partial charge < -0.3 is 27.5 Å². The Hall–Kier alpha value is -0.350. The van der Waals surface area contributed by atoms with Crippen LogP contribution in [0, 0.1) is 5.92 Å². The van der Waals surface area contributed by atoms with Crippen LogP contribution < -0.4 is 22.7 Å². The first kappa shape index (κ1) is 29.8. The molecule has 0 rings (SSSR count). The first-order valence-corrected chi connectivity index (χ1v) is 11.6. The highest BCUT2D eigenvalue weighted by Crippen LogP contribution is 2.29. The quantitative estimate of drug-likeness (QED) is 0.193. The maximum absolute atomic E-state index is 11.6. The maximum atomic E-state index is 11.6. The summed E-state index contributed by atoms with van der Waals surface area (Å²) in [5, 5.41) is 0. The Morgan fingerprint density at radius 3 is 1.89 bits per heavy atom. The van der Waals surface area contributed by atoms with Crippen LogP contribution >= 0.6 is 0 Å². The van der Waals surface area contributed by atoms with Gasteiger partial charge in [0.1, 0.15) is 5.54 Å². The normalized spacial score (nSPS) is 14.0. The molecule has 4 heteroatoms. The summed E-state index contributed by atoms with van der Waals surface area (Å²) in [7, 11) is 0. The Bertz CT molecular complexity index is 400. The second kappa shape index (κ2) is 18.7. The molecule has 0 amide bonds. The van der Waals surface area contributed by atoms with E-state index in [0.717, 1.165) is 19.3 Å². The molecule has 0 fully saturated rings. The van der Waals surface area contributed by atoms with Crippen molar-refractivity contribution >= 4 is 5.97 Å². The summed E-state index contributed by atoms with van der Waals surface area (Å²) in [6.07, 6.45) is 18.1. The van der Waals surface area contributed by atoms with Crippen LogP contribution in [0.25, 0.3) is 0 Å². The zero-order valence-corrected chi connectivity index (χ0v) is 20.9. The van der Waals surface area contributed by atoms with Crippen LogP contribution in [-0.4, -0.2) is 18.1 Å². The number of esters is 1. The predicted molar refractivity (Wildman–Crippen MR) is 117 cm³/mol. The van der Waals surface area contributed by atoms with Crippen molar-refractivity contribution in [1.82, 2.24) is 0 Å². The molecule has 3 nitrogen and oxygen atoms in total. The van der Waals surface area contributed by atoms with Gasteiger partial charge in [-0.2, -0.15) is 0 Å². The van der Waals surface area contributed by atoms with E-state index in [4.69, 9.17) is 4.74 Å². The molecule has 0 aliphatic rings. The van der Waals surface area contributed by atoms with Crippen molar-refractivity contribution in [3.05, 3.63) is 12.2 Å². The number of unbranched alkanes of at least 4 members (excludes halogenated alkanes) is 9. The molecular formula is C24H48BrNO2. The summed E-state index contributed by atoms with van der Waals surface area (Å²) in [6.45, 7) is 12.6. The maximum Gasteiger partial charge on any atom is 0.333 e. The molecule has 0 bridgehead atoms. The molecule has 0 aromatic rings. The number of rotatable bonds is 18. The van der Waals surface area contributed by atoms with Crippen LogP contribution in [0.2, 0.25) is 0 Å². The molecule has 0 heterocycles. The van der Waals surface area contributed by atoms with Crippen LogP contribution in [-0.2, 0) is 9.53 Å². The SMILES string of the molecule is C=C(C)C(=O)OCCC([NH3+])(CC)C(CC)CCCCCCCCCCCC.[Br-]. The van der Waals surface area contributed by atoms with E-state index in [1.54, 1.807) is 6.92 Å². The predicted octanol–water partition coefficient (Wildman–Crippen LogP) is 3.23. The summed E-state index contributed by atoms with van der Waals surface area (Å²) in [5.41, 5.74) is 5.04. The van der Waals surface area contributed by atoms with Crippen molar-refractivity contribution in [1.29, 1.82) is 0 Å². The highest BCUT2D eigenvalue weighted by atomic mass is 79.9. The van der Waals surface area contributed by atoms with Crippen molar-refractivity contribution in [2.45, 2.75) is 123 Å². The number of hydrogen-bond acceptors (Lipinski definition) is 2. The fourth-order valence-electron chi connectivity index (χ4n) is 3.96. The Labute approximate surface area is 186 Å². The van der Waals surface area contributed by atoms with Gasteiger partial charge in [0, 0.05) is 17.9 Å². The van der Waals surface area contributed by atoms with E-state index in [-0.39, 0.29) is 28.5 Å². The minimum Gasteiger partial charge on any atom is -1.00 e. The number of halogens is 1. The summed E-state index contributed by atoms with van der Waals surface area (Å²) >= 11 is 0. The Balaban J connectivity index is 0. The summed E-state index contributed by atoms with van der Waals surface area (Å²) < 4.78 is 5.32. The molecule has 0 radical (unpaired) electrons. The topological polar surface area (TPSA) is 53.9 Å². The second-order valence-electron chi connectivity index (χ2n) is 8.46. The zero-order chi connectivity index (χ0) is 20.5. The molecule has 2 unspecified atom stereocenters. The number of hydrogen-bond donors (Lipinski definition) is 1. The average molecular weight is 463 g/mol. The Morgan fingerprint density at radius 1 is 0.964 bits per heavy atom. The van der Waals surface area contributed by atoms with Gasteiger partial charge in [-0.15, -0.1) is 0 Å². The van der Waals surface area contributed by atoms with Crippen LogP contribution in [0.3, 0.4) is 0 Å². The highest BCUT2D eigenvalue weighted by Gasteiger charge is 2.35. The van der Waals surface area contributed by atoms with Gasteiger partial charge in [-0.1, -0.05) is 91.6 Å². The molecule has 0 aliphatic heterocycles. The molecule has 0 aromatic heterocycles. The van der Waals surface area contributed by atoms with Gasteiger partial charge >= 0.3 is 5.97 Å². The van der Waals surface area contributed by atoms with Gasteiger partial charge in [0.15, 0.2) is 0 Å². The van der Waals surface area contributed by atoms with Crippen molar-refractivity contribution in [2.24, 2.45) is 5.92 Å². The van der Waals surface area contributed by atoms with Gasteiger partial charge in [-0.3, -0.25) is 0 Å². The smallest absolute Gasteiger partial charge is 0.333 e. The van der Waals surface area contributed by atoms with E-state index in [9.17, 15) is 4.79 Å². The molecule has 2 atom stereocenters. The minimum atomic E-state index is -0.281. The fourth-order valence-corrected chi connectivity index (χ4v) is 3.96. The van der Waals surface area contributed by atoms with Crippen molar-refractivity contribution in [3.8, 4) is 0 Å². The average Bonchev–Trinajstić information content (AvgIpc) is 2.65. The lowest BCUT2D eigenvalue weighted by Crippen LogP contribution is -3.00. The van der Waals surface area contributed by atoms with Crippen LogP contribution in [0.1, 0.15) is 118 Å². The van der Waals surface area contributed by atoms with Crippen molar-refractivity contribution in [3.63, 3.8) is 0 Å². The summed E-state index contributed by atoms with van der Waals surface area (Å²) in [5.74, 6) is 0.330. The lowest BCUT2D eigenvalue weighted by molar-refractivity contribution is -0.497. The minimum absolute atomic E-state index is 0. The highest BCUT2D eigenvalue weighted by molar-refractivity contribution is 5.86. The fraction of sp³-hybridized carbons (Fsp3) is 0.875. The summed E-state index contributed by atoms with van der Waals surface area (Å²) in [4.78, 5) is 11.6. The van der Waals surface area contributed by atoms with E-state index in [1.165, 1.54) is 70.6 Å². The molecule has 0 spiro atoms. The lowest BCUT2D eigenvalue weighted by Gasteiger charge is -2.33. The Morgan fingerprint density at radius 2 is 1.46 bits per heavy atom. The third kappa shape index (κ3) is 13.8. The first-order chi connectivity index (χ1) is 12.9. The second-order valence-corrected chi connectivity index (χ2v) is 8.46. The van der Waals surface area contributed by atoms with E-state index >= 15 is 0 Å². The third-order valence-electron chi connectivity index (χ3n) is 6.15. The summed E-state index contributed by atoms with van der Waals surface area (Å²) in [6, 6.07) is 0. The largest absolute Gasteiger partial charge is 1.00 e. The molecule has 168 valence electrons. The lowest BCUT2D eigenvalue weighted by atomic mass is 9.75. The number of ether oxygens (including phenoxy) is 1. The standard InChI is InChI=1S/C24H47NO2.BrH/c1-6-9-10-11-12-13-14-15-16-17-18-22(7-2)24(25,8-3)19-20-27-23(26)21(4)5;/h22H,4,6-20,25H2,1-3,5H3;1H. The number of carbonyl (C=O) groups excluding carboxylic acids is 1. The van der Waals surface area contributed by atoms with Crippen molar-refractivity contribution in [2.75, 3.05) is 6.61 Å². The molecule has 0 saturated carbocycles. The molecule has 28 heavy (non-hydrogen) atoms. The third-order valence-corrected chi connectivity index (χ3v) is 6.15. The molecule has 0 saturated heterocycles. The Kier molecular flexibility index (Phi) is 19.9. The van der Waals surface area contributed by atoms with E-state index in [1.807, 2.05) is 0 Å². The first-order valence-electron chi connectivity index (χ1n) is 11.6. The van der Waals surface area contributed by atoms with Crippen LogP contribution in [0.4, 0.5) is 0 Å². The number of carbonyl (C=O) groups is 1. The monoisotopic (exact) mass is 461 g/mol.